The van der Waals surface area contributed by atoms with Gasteiger partial charge in [0, 0.05) is 17.1 Å². The number of nitrogens with zero attached hydrogens (tertiary/aromatic N) is 2. The molecule has 2 aromatic heterocycles. The van der Waals surface area contributed by atoms with Gasteiger partial charge in [-0.25, -0.2) is 4.68 Å². The van der Waals surface area contributed by atoms with Crippen molar-refractivity contribution < 1.29 is 13.9 Å². The molecule has 0 spiro atoms. The Morgan fingerprint density at radius 3 is 2.68 bits per heavy atom. The Morgan fingerprint density at radius 1 is 1.16 bits per heavy atom. The highest BCUT2D eigenvalue weighted by Crippen LogP contribution is 2.31. The average molecular weight is 417 g/mol. The SMILES string of the molecule is CCOc1cccc2cc(C(C)NC(=O)c3nn(-c4ccccc4)c(C)cc3=O)oc12. The molecular weight excluding hydrogens is 394 g/mol. The highest BCUT2D eigenvalue weighted by atomic mass is 16.5. The molecule has 2 heterocycles. The number of benzene rings is 2. The van der Waals surface area contributed by atoms with Crippen molar-refractivity contribution in [2.75, 3.05) is 6.61 Å². The van der Waals surface area contributed by atoms with Crippen LogP contribution in [0.1, 0.15) is 41.8 Å². The van der Waals surface area contributed by atoms with Crippen LogP contribution >= 0.6 is 0 Å². The van der Waals surface area contributed by atoms with Crippen LogP contribution < -0.4 is 15.5 Å². The first-order valence-corrected chi connectivity index (χ1v) is 10.1. The molecule has 1 amide bonds. The summed E-state index contributed by atoms with van der Waals surface area (Å²) in [5.41, 5.74) is 1.43. The van der Waals surface area contributed by atoms with E-state index in [1.54, 1.807) is 18.5 Å². The summed E-state index contributed by atoms with van der Waals surface area (Å²) in [7, 11) is 0. The number of ether oxygens (including phenoxy) is 1. The maximum atomic E-state index is 12.9. The molecule has 4 aromatic rings. The van der Waals surface area contributed by atoms with Gasteiger partial charge in [-0.3, -0.25) is 9.59 Å². The molecule has 2 aromatic carbocycles. The molecule has 7 heteroatoms. The molecule has 7 nitrogen and oxygen atoms in total. The van der Waals surface area contributed by atoms with Gasteiger partial charge in [0.2, 0.25) is 5.43 Å². The van der Waals surface area contributed by atoms with E-state index in [4.69, 9.17) is 9.15 Å². The van der Waals surface area contributed by atoms with Crippen molar-refractivity contribution in [3.8, 4) is 11.4 Å². The van der Waals surface area contributed by atoms with Crippen LogP contribution in [0.25, 0.3) is 16.7 Å². The van der Waals surface area contributed by atoms with Crippen LogP contribution in [0.15, 0.2) is 69.9 Å². The molecule has 0 bridgehead atoms. The van der Waals surface area contributed by atoms with Crippen molar-refractivity contribution >= 4 is 16.9 Å². The highest BCUT2D eigenvalue weighted by Gasteiger charge is 2.20. The summed E-state index contributed by atoms with van der Waals surface area (Å²) in [6.07, 6.45) is 0. The molecule has 0 aliphatic carbocycles. The molecule has 0 radical (unpaired) electrons. The first kappa shape index (κ1) is 20.4. The van der Waals surface area contributed by atoms with E-state index in [0.717, 1.165) is 11.1 Å². The van der Waals surface area contributed by atoms with Gasteiger partial charge >= 0.3 is 0 Å². The monoisotopic (exact) mass is 417 g/mol. The quantitative estimate of drug-likeness (QED) is 0.509. The number of para-hydroxylation sites is 2. The standard InChI is InChI=1S/C24H23N3O4/c1-4-30-20-12-8-9-17-14-21(31-23(17)20)16(3)25-24(29)22-19(28)13-15(2)27(26-22)18-10-6-5-7-11-18/h5-14,16H,4H2,1-3H3,(H,25,29). The lowest BCUT2D eigenvalue weighted by atomic mass is 10.2. The lowest BCUT2D eigenvalue weighted by molar-refractivity contribution is 0.0927. The van der Waals surface area contributed by atoms with Crippen molar-refractivity contribution in [1.29, 1.82) is 0 Å². The number of carbonyl (C=O) groups is 1. The van der Waals surface area contributed by atoms with Gasteiger partial charge in [0.1, 0.15) is 5.76 Å². The van der Waals surface area contributed by atoms with Gasteiger partial charge < -0.3 is 14.5 Å². The summed E-state index contributed by atoms with van der Waals surface area (Å²) in [5, 5.41) is 8.00. The first-order valence-electron chi connectivity index (χ1n) is 10.1. The third kappa shape index (κ3) is 4.07. The van der Waals surface area contributed by atoms with Crippen molar-refractivity contribution in [3.05, 3.63) is 88.0 Å². The number of fused-ring (bicyclic) bond motifs is 1. The van der Waals surface area contributed by atoms with Gasteiger partial charge in [-0.1, -0.05) is 30.3 Å². The molecule has 0 fully saturated rings. The Hall–Kier alpha value is -3.87. The van der Waals surface area contributed by atoms with Gasteiger partial charge in [0.05, 0.1) is 18.3 Å². The van der Waals surface area contributed by atoms with Crippen LogP contribution in [0.4, 0.5) is 0 Å². The van der Waals surface area contributed by atoms with Gasteiger partial charge in [-0.2, -0.15) is 5.10 Å². The van der Waals surface area contributed by atoms with Gasteiger partial charge in [-0.05, 0) is 45.0 Å². The Balaban J connectivity index is 1.62. The number of furan rings is 1. The summed E-state index contributed by atoms with van der Waals surface area (Å²) in [5.74, 6) is 0.648. The Morgan fingerprint density at radius 2 is 1.94 bits per heavy atom. The molecule has 1 unspecified atom stereocenters. The van der Waals surface area contributed by atoms with E-state index in [1.165, 1.54) is 6.07 Å². The molecule has 0 aliphatic rings. The molecule has 31 heavy (non-hydrogen) atoms. The van der Waals surface area contributed by atoms with Crippen LogP contribution in [0.2, 0.25) is 0 Å². The van der Waals surface area contributed by atoms with Crippen LogP contribution in [0.3, 0.4) is 0 Å². The van der Waals surface area contributed by atoms with Crippen molar-refractivity contribution in [2.24, 2.45) is 0 Å². The molecule has 158 valence electrons. The third-order valence-electron chi connectivity index (χ3n) is 4.92. The second kappa shape index (κ2) is 8.47. The number of amides is 1. The van der Waals surface area contributed by atoms with Crippen LogP contribution in [0, 0.1) is 6.92 Å². The van der Waals surface area contributed by atoms with E-state index < -0.39 is 17.4 Å². The lowest BCUT2D eigenvalue weighted by Gasteiger charge is -2.13. The number of nitrogens with one attached hydrogen (secondary N) is 1. The lowest BCUT2D eigenvalue weighted by Crippen LogP contribution is -2.33. The molecule has 0 saturated carbocycles. The van der Waals surface area contributed by atoms with E-state index in [1.807, 2.05) is 61.5 Å². The second-order valence-electron chi connectivity index (χ2n) is 7.20. The van der Waals surface area contributed by atoms with Crippen LogP contribution in [0.5, 0.6) is 5.75 Å². The second-order valence-corrected chi connectivity index (χ2v) is 7.20. The molecule has 4 rings (SSSR count). The first-order chi connectivity index (χ1) is 15.0. The minimum absolute atomic E-state index is 0.174. The zero-order chi connectivity index (χ0) is 22.0. The van der Waals surface area contributed by atoms with Gasteiger partial charge in [0.15, 0.2) is 17.0 Å². The summed E-state index contributed by atoms with van der Waals surface area (Å²) in [6, 6.07) is 17.8. The fraction of sp³-hybridized carbons (Fsp3) is 0.208. The smallest absolute Gasteiger partial charge is 0.276 e. The third-order valence-corrected chi connectivity index (χ3v) is 4.92. The minimum atomic E-state index is -0.562. The van der Waals surface area contributed by atoms with E-state index in [0.29, 0.717) is 29.4 Å². The largest absolute Gasteiger partial charge is 0.490 e. The molecule has 0 saturated heterocycles. The number of aryl methyl sites for hydroxylation is 1. The predicted octanol–water partition coefficient (Wildman–Crippen LogP) is 4.18. The number of hydrogen-bond donors (Lipinski definition) is 1. The minimum Gasteiger partial charge on any atom is -0.490 e. The van der Waals surface area contributed by atoms with Gasteiger partial charge in [0.25, 0.3) is 5.91 Å². The average Bonchev–Trinajstić information content (AvgIpc) is 3.20. The number of carbonyl (C=O) groups excluding carboxylic acids is 1. The van der Waals surface area contributed by atoms with Gasteiger partial charge in [-0.15, -0.1) is 0 Å². The number of rotatable bonds is 6. The van der Waals surface area contributed by atoms with E-state index in [9.17, 15) is 9.59 Å². The Kier molecular flexibility index (Phi) is 5.58. The Bertz CT molecular complexity index is 1290. The zero-order valence-electron chi connectivity index (χ0n) is 17.6. The van der Waals surface area contributed by atoms with E-state index in [-0.39, 0.29) is 5.69 Å². The molecule has 0 aliphatic heterocycles. The summed E-state index contributed by atoms with van der Waals surface area (Å²) < 4.78 is 13.1. The van der Waals surface area contributed by atoms with Crippen molar-refractivity contribution in [3.63, 3.8) is 0 Å². The van der Waals surface area contributed by atoms with Crippen molar-refractivity contribution in [2.45, 2.75) is 26.8 Å². The van der Waals surface area contributed by atoms with E-state index in [2.05, 4.69) is 10.4 Å². The number of aromatic nitrogens is 2. The maximum Gasteiger partial charge on any atom is 0.276 e. The number of hydrogen-bond acceptors (Lipinski definition) is 5. The zero-order valence-corrected chi connectivity index (χ0v) is 17.6. The molecule has 1 N–H and O–H groups in total. The Labute approximate surface area is 179 Å². The summed E-state index contributed by atoms with van der Waals surface area (Å²) >= 11 is 0. The fourth-order valence-corrected chi connectivity index (χ4v) is 3.41. The van der Waals surface area contributed by atoms with Crippen LogP contribution in [-0.2, 0) is 0 Å². The summed E-state index contributed by atoms with van der Waals surface area (Å²) in [6.45, 7) is 5.99. The highest BCUT2D eigenvalue weighted by molar-refractivity contribution is 5.92. The molecule has 1 atom stereocenters. The summed E-state index contributed by atoms with van der Waals surface area (Å²) in [4.78, 5) is 25.3. The predicted molar refractivity (Wildman–Crippen MR) is 118 cm³/mol. The molecular formula is C24H23N3O4. The van der Waals surface area contributed by atoms with Crippen molar-refractivity contribution in [1.82, 2.24) is 15.1 Å². The fourth-order valence-electron chi connectivity index (χ4n) is 3.41. The maximum absolute atomic E-state index is 12.9. The van der Waals surface area contributed by atoms with Crippen LogP contribution in [-0.4, -0.2) is 22.3 Å². The normalized spacial score (nSPS) is 12.0. The van der Waals surface area contributed by atoms with E-state index >= 15 is 0 Å². The topological polar surface area (TPSA) is 86.4 Å².